The SMILES string of the molecule is COc1ccc(C2=C[C@H](c3cccc(OC)c3OC)N(C(=O)CCC(=O)O)N2)cc1. The van der Waals surface area contributed by atoms with Crippen molar-refractivity contribution in [3.05, 3.63) is 59.7 Å². The topological polar surface area (TPSA) is 97.3 Å². The largest absolute Gasteiger partial charge is 0.497 e. The minimum Gasteiger partial charge on any atom is -0.497 e. The predicted octanol–water partition coefficient (Wildman–Crippen LogP) is 3.01. The van der Waals surface area contributed by atoms with Crippen LogP contribution in [0.3, 0.4) is 0 Å². The number of nitrogens with one attached hydrogen (secondary N) is 1. The van der Waals surface area contributed by atoms with Gasteiger partial charge in [0.25, 0.3) is 0 Å². The Morgan fingerprint density at radius 2 is 1.73 bits per heavy atom. The number of benzene rings is 2. The highest BCUT2D eigenvalue weighted by Crippen LogP contribution is 2.40. The lowest BCUT2D eigenvalue weighted by Crippen LogP contribution is -2.39. The molecule has 0 aliphatic carbocycles. The third kappa shape index (κ3) is 4.32. The molecule has 2 aromatic carbocycles. The second kappa shape index (κ2) is 9.21. The summed E-state index contributed by atoms with van der Waals surface area (Å²) in [6, 6.07) is 12.3. The van der Waals surface area contributed by atoms with Crippen LogP contribution in [0.2, 0.25) is 0 Å². The maximum atomic E-state index is 12.8. The Balaban J connectivity index is 2.00. The van der Waals surface area contributed by atoms with Crippen LogP contribution >= 0.6 is 0 Å². The molecule has 158 valence electrons. The van der Waals surface area contributed by atoms with Crippen LogP contribution in [-0.2, 0) is 9.59 Å². The van der Waals surface area contributed by atoms with Gasteiger partial charge in [-0.05, 0) is 42.0 Å². The van der Waals surface area contributed by atoms with Crippen molar-refractivity contribution in [2.24, 2.45) is 0 Å². The number of nitrogens with zero attached hydrogens (tertiary/aromatic N) is 1. The summed E-state index contributed by atoms with van der Waals surface area (Å²) >= 11 is 0. The molecule has 0 saturated heterocycles. The molecule has 0 fully saturated rings. The molecule has 8 nitrogen and oxygen atoms in total. The fourth-order valence-corrected chi connectivity index (χ4v) is 3.33. The number of hydrogen-bond donors (Lipinski definition) is 2. The fraction of sp³-hybridized carbons (Fsp3) is 0.273. The van der Waals surface area contributed by atoms with Gasteiger partial charge in [-0.3, -0.25) is 15.0 Å². The van der Waals surface area contributed by atoms with E-state index in [1.54, 1.807) is 20.3 Å². The maximum absolute atomic E-state index is 12.8. The van der Waals surface area contributed by atoms with Gasteiger partial charge in [0.1, 0.15) is 11.8 Å². The van der Waals surface area contributed by atoms with Gasteiger partial charge >= 0.3 is 5.97 Å². The summed E-state index contributed by atoms with van der Waals surface area (Å²) in [5, 5.41) is 10.4. The molecule has 2 aromatic rings. The molecule has 1 aliphatic rings. The first-order valence-corrected chi connectivity index (χ1v) is 9.36. The second-order valence-electron chi connectivity index (χ2n) is 6.61. The average molecular weight is 412 g/mol. The van der Waals surface area contributed by atoms with E-state index in [2.05, 4.69) is 5.43 Å². The molecule has 0 radical (unpaired) electrons. The molecule has 0 spiro atoms. The van der Waals surface area contributed by atoms with Crippen molar-refractivity contribution in [1.82, 2.24) is 10.4 Å². The molecule has 1 heterocycles. The lowest BCUT2D eigenvalue weighted by atomic mass is 10.0. The molecule has 0 unspecified atom stereocenters. The third-order valence-electron chi connectivity index (χ3n) is 4.82. The van der Waals surface area contributed by atoms with E-state index in [1.165, 1.54) is 12.1 Å². The minimum absolute atomic E-state index is 0.130. The number of methoxy groups -OCH3 is 3. The summed E-state index contributed by atoms with van der Waals surface area (Å²) in [5.41, 5.74) is 5.42. The number of rotatable bonds is 8. The zero-order chi connectivity index (χ0) is 21.7. The summed E-state index contributed by atoms with van der Waals surface area (Å²) < 4.78 is 16.1. The van der Waals surface area contributed by atoms with E-state index < -0.39 is 12.0 Å². The van der Waals surface area contributed by atoms with Gasteiger partial charge in [-0.15, -0.1) is 0 Å². The zero-order valence-corrected chi connectivity index (χ0v) is 17.0. The number of carboxylic acid groups (broad SMARTS) is 1. The predicted molar refractivity (Wildman–Crippen MR) is 110 cm³/mol. The van der Waals surface area contributed by atoms with Crippen LogP contribution in [0, 0.1) is 0 Å². The highest BCUT2D eigenvalue weighted by atomic mass is 16.5. The Morgan fingerprint density at radius 3 is 2.33 bits per heavy atom. The lowest BCUT2D eigenvalue weighted by Gasteiger charge is -2.27. The average Bonchev–Trinajstić information content (AvgIpc) is 3.22. The molecule has 1 aliphatic heterocycles. The molecule has 1 amide bonds. The van der Waals surface area contributed by atoms with E-state index >= 15 is 0 Å². The van der Waals surface area contributed by atoms with Crippen LogP contribution in [0.15, 0.2) is 48.5 Å². The van der Waals surface area contributed by atoms with Crippen LogP contribution in [0.4, 0.5) is 0 Å². The van der Waals surface area contributed by atoms with Crippen LogP contribution in [0.25, 0.3) is 5.70 Å². The molecular formula is C22H24N2O6. The lowest BCUT2D eigenvalue weighted by molar-refractivity contribution is -0.142. The van der Waals surface area contributed by atoms with E-state index in [0.29, 0.717) is 11.5 Å². The minimum atomic E-state index is -1.03. The number of para-hydroxylation sites is 1. The van der Waals surface area contributed by atoms with Crippen molar-refractivity contribution in [2.45, 2.75) is 18.9 Å². The number of carbonyl (C=O) groups is 2. The van der Waals surface area contributed by atoms with Crippen LogP contribution in [0.1, 0.15) is 30.0 Å². The molecule has 0 saturated carbocycles. The fourth-order valence-electron chi connectivity index (χ4n) is 3.33. The summed E-state index contributed by atoms with van der Waals surface area (Å²) in [4.78, 5) is 23.8. The van der Waals surface area contributed by atoms with Crippen molar-refractivity contribution < 1.29 is 28.9 Å². The van der Waals surface area contributed by atoms with Gasteiger partial charge in [0, 0.05) is 12.0 Å². The Morgan fingerprint density at radius 1 is 1.00 bits per heavy atom. The van der Waals surface area contributed by atoms with Gasteiger partial charge in [0.05, 0.1) is 33.4 Å². The number of aliphatic carboxylic acids is 1. The standard InChI is InChI=1S/C22H24N2O6/c1-28-15-9-7-14(8-10-15)17-13-18(24(23-17)20(25)11-12-21(26)27)16-5-4-6-19(29-2)22(16)30-3/h4-10,13,18,23H,11-12H2,1-3H3,(H,26,27)/t18-/m1/s1. The molecule has 8 heteroatoms. The second-order valence-corrected chi connectivity index (χ2v) is 6.61. The van der Waals surface area contributed by atoms with Gasteiger partial charge in [0.2, 0.25) is 5.91 Å². The van der Waals surface area contributed by atoms with Crippen molar-refractivity contribution in [3.8, 4) is 17.2 Å². The summed E-state index contributed by atoms with van der Waals surface area (Å²) in [6.45, 7) is 0. The van der Waals surface area contributed by atoms with Crippen molar-refractivity contribution in [2.75, 3.05) is 21.3 Å². The van der Waals surface area contributed by atoms with Gasteiger partial charge in [-0.1, -0.05) is 12.1 Å². The number of amides is 1. The van der Waals surface area contributed by atoms with E-state index in [1.807, 2.05) is 42.5 Å². The molecule has 2 N–H and O–H groups in total. The monoisotopic (exact) mass is 412 g/mol. The molecule has 1 atom stereocenters. The van der Waals surface area contributed by atoms with E-state index in [-0.39, 0.29) is 18.7 Å². The zero-order valence-electron chi connectivity index (χ0n) is 17.0. The molecule has 0 aromatic heterocycles. The highest BCUT2D eigenvalue weighted by molar-refractivity contribution is 5.84. The van der Waals surface area contributed by atoms with E-state index in [0.717, 1.165) is 22.6 Å². The van der Waals surface area contributed by atoms with Crippen LogP contribution in [0.5, 0.6) is 17.2 Å². The van der Waals surface area contributed by atoms with Gasteiger partial charge < -0.3 is 19.3 Å². The molecule has 30 heavy (non-hydrogen) atoms. The number of ether oxygens (including phenoxy) is 3. The van der Waals surface area contributed by atoms with Crippen LogP contribution in [-0.4, -0.2) is 43.3 Å². The van der Waals surface area contributed by atoms with Gasteiger partial charge in [-0.2, -0.15) is 0 Å². The smallest absolute Gasteiger partial charge is 0.303 e. The van der Waals surface area contributed by atoms with Crippen molar-refractivity contribution in [1.29, 1.82) is 0 Å². The first kappa shape index (κ1) is 21.0. The number of hydrazine groups is 1. The summed E-state index contributed by atoms with van der Waals surface area (Å²) in [7, 11) is 4.67. The highest BCUT2D eigenvalue weighted by Gasteiger charge is 2.33. The van der Waals surface area contributed by atoms with Crippen molar-refractivity contribution in [3.63, 3.8) is 0 Å². The van der Waals surface area contributed by atoms with Gasteiger partial charge in [-0.25, -0.2) is 5.01 Å². The Labute approximate surface area is 174 Å². The van der Waals surface area contributed by atoms with Crippen LogP contribution < -0.4 is 19.6 Å². The normalized spacial score (nSPS) is 15.2. The molecular weight excluding hydrogens is 388 g/mol. The third-order valence-corrected chi connectivity index (χ3v) is 4.82. The summed E-state index contributed by atoms with van der Waals surface area (Å²) in [6.07, 6.45) is 1.52. The quantitative estimate of drug-likeness (QED) is 0.688. The molecule has 3 rings (SSSR count). The first-order chi connectivity index (χ1) is 14.5. The number of carbonyl (C=O) groups excluding carboxylic acids is 1. The number of carboxylic acids is 1. The Hall–Kier alpha value is -3.68. The van der Waals surface area contributed by atoms with Crippen molar-refractivity contribution >= 4 is 17.6 Å². The Kier molecular flexibility index (Phi) is 6.46. The van der Waals surface area contributed by atoms with E-state index in [9.17, 15) is 9.59 Å². The first-order valence-electron chi connectivity index (χ1n) is 9.36. The maximum Gasteiger partial charge on any atom is 0.303 e. The summed E-state index contributed by atoms with van der Waals surface area (Å²) in [5.74, 6) is 0.403. The molecule has 0 bridgehead atoms. The number of hydrogen-bond acceptors (Lipinski definition) is 6. The van der Waals surface area contributed by atoms with Gasteiger partial charge in [0.15, 0.2) is 11.5 Å². The van der Waals surface area contributed by atoms with E-state index in [4.69, 9.17) is 19.3 Å². The Bertz CT molecular complexity index is 955.